The van der Waals surface area contributed by atoms with Crippen molar-refractivity contribution in [2.45, 2.75) is 24.2 Å². The van der Waals surface area contributed by atoms with E-state index < -0.39 is 0 Å². The summed E-state index contributed by atoms with van der Waals surface area (Å²) >= 11 is 2.43. The summed E-state index contributed by atoms with van der Waals surface area (Å²) in [7, 11) is 0. The summed E-state index contributed by atoms with van der Waals surface area (Å²) in [6.07, 6.45) is 0. The quantitative estimate of drug-likeness (QED) is 0.237. The number of benzene rings is 2. The molecular weight excluding hydrogens is 476 g/mol. The van der Waals surface area contributed by atoms with Crippen LogP contribution in [-0.2, 0) is 4.79 Å². The van der Waals surface area contributed by atoms with Gasteiger partial charge in [-0.2, -0.15) is 9.36 Å². The van der Waals surface area contributed by atoms with Crippen molar-refractivity contribution < 1.29 is 14.4 Å². The van der Waals surface area contributed by atoms with Crippen LogP contribution < -0.4 is 0 Å². The minimum Gasteiger partial charge on any atom is -0.298 e. The van der Waals surface area contributed by atoms with Crippen LogP contribution in [0.4, 0.5) is 0 Å². The van der Waals surface area contributed by atoms with Crippen LogP contribution in [0.2, 0.25) is 0 Å². The monoisotopic (exact) mass is 494 g/mol. The second kappa shape index (κ2) is 10.5. The highest BCUT2D eigenvalue weighted by molar-refractivity contribution is 8.01. The molecule has 2 aromatic heterocycles. The zero-order valence-corrected chi connectivity index (χ0v) is 19.8. The molecule has 0 saturated heterocycles. The standard InChI is InChI=1S/C21H18N8O3S2/c1-13(30)15-3-7-17(8-4-15)28-20(22-24-26-28)33-11-19(32)12-34-21-23-25-27-29(21)18-9-5-16(6-10-18)14(2)31/h3-10H,11-12H2,1-2H3. The first kappa shape index (κ1) is 23.4. The molecule has 0 unspecified atom stereocenters. The third-order valence-electron chi connectivity index (χ3n) is 4.64. The molecule has 2 aromatic carbocycles. The van der Waals surface area contributed by atoms with E-state index in [0.717, 1.165) is 0 Å². The highest BCUT2D eigenvalue weighted by Crippen LogP contribution is 2.22. The van der Waals surface area contributed by atoms with Crippen molar-refractivity contribution in [2.75, 3.05) is 11.5 Å². The molecule has 0 aliphatic carbocycles. The first-order valence-electron chi connectivity index (χ1n) is 9.99. The first-order valence-corrected chi connectivity index (χ1v) is 12.0. The first-order chi connectivity index (χ1) is 16.4. The van der Waals surface area contributed by atoms with Gasteiger partial charge in [0.15, 0.2) is 17.3 Å². The third kappa shape index (κ3) is 5.43. The van der Waals surface area contributed by atoms with E-state index in [0.29, 0.717) is 32.8 Å². The summed E-state index contributed by atoms with van der Waals surface area (Å²) < 4.78 is 3.03. The predicted molar refractivity (Wildman–Crippen MR) is 125 cm³/mol. The number of tetrazole rings is 2. The fourth-order valence-corrected chi connectivity index (χ4v) is 4.50. The van der Waals surface area contributed by atoms with Gasteiger partial charge in [-0.1, -0.05) is 23.5 Å². The topological polar surface area (TPSA) is 138 Å². The Balaban J connectivity index is 1.35. The molecule has 11 nitrogen and oxygen atoms in total. The van der Waals surface area contributed by atoms with Crippen LogP contribution in [0.15, 0.2) is 58.8 Å². The number of hydrogen-bond donors (Lipinski definition) is 0. The lowest BCUT2D eigenvalue weighted by molar-refractivity contribution is -0.114. The van der Waals surface area contributed by atoms with Gasteiger partial charge in [0.2, 0.25) is 10.3 Å². The highest BCUT2D eigenvalue weighted by Gasteiger charge is 2.15. The molecule has 0 N–H and O–H groups in total. The second-order valence-electron chi connectivity index (χ2n) is 7.07. The molecule has 0 bridgehead atoms. The van der Waals surface area contributed by atoms with E-state index in [1.807, 2.05) is 0 Å². The molecule has 0 atom stereocenters. The van der Waals surface area contributed by atoms with Crippen molar-refractivity contribution in [3.8, 4) is 11.4 Å². The molecule has 4 rings (SSSR count). The van der Waals surface area contributed by atoms with Crippen molar-refractivity contribution in [2.24, 2.45) is 0 Å². The molecular formula is C21H18N8O3S2. The number of ketones is 3. The fourth-order valence-electron chi connectivity index (χ4n) is 2.87. The Kier molecular flexibility index (Phi) is 7.23. The number of carbonyl (C=O) groups is 3. The van der Waals surface area contributed by atoms with Gasteiger partial charge in [-0.15, -0.1) is 10.2 Å². The van der Waals surface area contributed by atoms with E-state index >= 15 is 0 Å². The molecule has 0 aliphatic heterocycles. The molecule has 4 aromatic rings. The number of aromatic nitrogens is 8. The van der Waals surface area contributed by atoms with Gasteiger partial charge in [0, 0.05) is 11.1 Å². The summed E-state index contributed by atoms with van der Waals surface area (Å²) in [5.74, 6) is 0.222. The van der Waals surface area contributed by atoms with E-state index in [-0.39, 0.29) is 28.9 Å². The van der Waals surface area contributed by atoms with E-state index in [1.165, 1.54) is 46.7 Å². The van der Waals surface area contributed by atoms with Crippen molar-refractivity contribution in [1.29, 1.82) is 0 Å². The van der Waals surface area contributed by atoms with Gasteiger partial charge < -0.3 is 0 Å². The second-order valence-corrected chi connectivity index (χ2v) is 8.95. The van der Waals surface area contributed by atoms with Crippen LogP contribution >= 0.6 is 23.5 Å². The number of rotatable bonds is 10. The maximum atomic E-state index is 12.5. The number of hydrogen-bond acceptors (Lipinski definition) is 11. The Morgan fingerprint density at radius 2 is 1.06 bits per heavy atom. The van der Waals surface area contributed by atoms with Gasteiger partial charge in [-0.25, -0.2) is 0 Å². The summed E-state index contributed by atoms with van der Waals surface area (Å²) in [6.45, 7) is 3.00. The van der Waals surface area contributed by atoms with Crippen molar-refractivity contribution in [1.82, 2.24) is 40.4 Å². The largest absolute Gasteiger partial charge is 0.298 e. The van der Waals surface area contributed by atoms with Crippen LogP contribution in [0.1, 0.15) is 34.6 Å². The van der Waals surface area contributed by atoms with Gasteiger partial charge in [0.1, 0.15) is 0 Å². The Labute approximate surface area is 202 Å². The zero-order chi connectivity index (χ0) is 24.1. The van der Waals surface area contributed by atoms with Crippen molar-refractivity contribution >= 4 is 40.9 Å². The van der Waals surface area contributed by atoms with Gasteiger partial charge in [0.05, 0.1) is 22.9 Å². The van der Waals surface area contributed by atoms with Crippen molar-refractivity contribution in [3.05, 3.63) is 59.7 Å². The van der Waals surface area contributed by atoms with Crippen LogP contribution in [-0.4, -0.2) is 69.3 Å². The maximum Gasteiger partial charge on any atom is 0.214 e. The Bertz CT molecular complexity index is 1230. The van der Waals surface area contributed by atoms with E-state index in [9.17, 15) is 14.4 Å². The smallest absolute Gasteiger partial charge is 0.214 e. The molecule has 0 spiro atoms. The van der Waals surface area contributed by atoms with Crippen LogP contribution in [0.3, 0.4) is 0 Å². The molecule has 2 heterocycles. The summed E-state index contributed by atoms with van der Waals surface area (Å²) in [6, 6.07) is 13.8. The predicted octanol–water partition coefficient (Wildman–Crippen LogP) is 2.50. The molecule has 0 amide bonds. The lowest BCUT2D eigenvalue weighted by Gasteiger charge is -2.06. The number of thioether (sulfide) groups is 2. The highest BCUT2D eigenvalue weighted by atomic mass is 32.2. The molecule has 34 heavy (non-hydrogen) atoms. The molecule has 13 heteroatoms. The van der Waals surface area contributed by atoms with E-state index in [4.69, 9.17) is 0 Å². The minimum atomic E-state index is -0.0436. The number of carbonyl (C=O) groups excluding carboxylic acids is 3. The van der Waals surface area contributed by atoms with Crippen LogP contribution in [0.5, 0.6) is 0 Å². The summed E-state index contributed by atoms with van der Waals surface area (Å²) in [5, 5.41) is 24.2. The molecule has 172 valence electrons. The number of nitrogens with zero attached hydrogens (tertiary/aromatic N) is 8. The summed E-state index contributed by atoms with van der Waals surface area (Å²) in [5.41, 5.74) is 2.56. The minimum absolute atomic E-state index is 0.0277. The lowest BCUT2D eigenvalue weighted by atomic mass is 10.1. The van der Waals surface area contributed by atoms with Gasteiger partial charge in [0.25, 0.3) is 0 Å². The SMILES string of the molecule is CC(=O)c1ccc(-n2nnnc2SCC(=O)CSc2nnnn2-c2ccc(C(C)=O)cc2)cc1. The van der Waals surface area contributed by atoms with Crippen LogP contribution in [0, 0.1) is 0 Å². The lowest BCUT2D eigenvalue weighted by Crippen LogP contribution is -2.08. The van der Waals surface area contributed by atoms with Crippen molar-refractivity contribution in [3.63, 3.8) is 0 Å². The van der Waals surface area contributed by atoms with Crippen LogP contribution in [0.25, 0.3) is 11.4 Å². The van der Waals surface area contributed by atoms with E-state index in [2.05, 4.69) is 31.1 Å². The Morgan fingerprint density at radius 3 is 1.41 bits per heavy atom. The van der Waals surface area contributed by atoms with Gasteiger partial charge >= 0.3 is 0 Å². The third-order valence-corrected chi connectivity index (χ3v) is 6.60. The normalized spacial score (nSPS) is 10.9. The molecule has 0 aliphatic rings. The maximum absolute atomic E-state index is 12.5. The van der Waals surface area contributed by atoms with E-state index in [1.54, 1.807) is 48.5 Å². The average Bonchev–Trinajstić information content (AvgIpc) is 3.51. The molecule has 0 radical (unpaired) electrons. The molecule has 0 fully saturated rings. The zero-order valence-electron chi connectivity index (χ0n) is 18.2. The summed E-state index contributed by atoms with van der Waals surface area (Å²) in [4.78, 5) is 35.4. The Morgan fingerprint density at radius 1 is 0.676 bits per heavy atom. The van der Waals surface area contributed by atoms with Gasteiger partial charge in [-0.05, 0) is 83.2 Å². The Hall–Kier alpha value is -3.71. The van der Waals surface area contributed by atoms with Gasteiger partial charge in [-0.3, -0.25) is 14.4 Å². The fraction of sp³-hybridized carbons (Fsp3) is 0.190. The molecule has 0 saturated carbocycles. The number of Topliss-reactive ketones (excluding diaryl/α,β-unsaturated/α-hetero) is 3. The average molecular weight is 495 g/mol.